The molecule has 2 aliphatic rings. The summed E-state index contributed by atoms with van der Waals surface area (Å²) in [5.41, 5.74) is 4.88. The van der Waals surface area contributed by atoms with Crippen LogP contribution in [0.5, 0.6) is 11.5 Å². The molecule has 0 saturated carbocycles. The number of aryl methyl sites for hydroxylation is 2. The monoisotopic (exact) mass is 435 g/mol. The molecule has 1 atom stereocenters. The van der Waals surface area contributed by atoms with E-state index in [1.165, 1.54) is 32.0 Å². The van der Waals surface area contributed by atoms with Crippen molar-refractivity contribution in [1.82, 2.24) is 4.90 Å². The second-order valence-corrected chi connectivity index (χ2v) is 9.82. The van der Waals surface area contributed by atoms with E-state index in [0.29, 0.717) is 13.2 Å². The molecule has 0 N–H and O–H groups in total. The standard InChI is InChI=1S/C26H29NO3S/c1-18-5-3-4-6-24(18)20-13-21-15-27(16-23-8-7-19(2)31-23)10-12-29-26(21)25(14-20)30-22-9-11-28-17-22/h3-8,13-14,22H,9-12,15-17H2,1-2H3. The van der Waals surface area contributed by atoms with Gasteiger partial charge in [0.1, 0.15) is 12.7 Å². The summed E-state index contributed by atoms with van der Waals surface area (Å²) >= 11 is 1.87. The van der Waals surface area contributed by atoms with Gasteiger partial charge in [0.2, 0.25) is 0 Å². The number of benzene rings is 2. The van der Waals surface area contributed by atoms with Gasteiger partial charge in [-0.2, -0.15) is 0 Å². The molecule has 3 heterocycles. The maximum atomic E-state index is 6.42. The summed E-state index contributed by atoms with van der Waals surface area (Å²) in [5.74, 6) is 1.74. The molecule has 1 saturated heterocycles. The number of nitrogens with zero attached hydrogens (tertiary/aromatic N) is 1. The third-order valence-electron chi connectivity index (χ3n) is 5.99. The lowest BCUT2D eigenvalue weighted by Gasteiger charge is -2.21. The first kappa shape index (κ1) is 20.6. The van der Waals surface area contributed by atoms with Gasteiger partial charge in [-0.25, -0.2) is 0 Å². The Morgan fingerprint density at radius 2 is 2.00 bits per heavy atom. The molecular formula is C26H29NO3S. The number of hydrogen-bond donors (Lipinski definition) is 0. The smallest absolute Gasteiger partial charge is 0.165 e. The molecule has 0 amide bonds. The number of hydrogen-bond acceptors (Lipinski definition) is 5. The minimum absolute atomic E-state index is 0.0910. The first-order valence-corrected chi connectivity index (χ1v) is 11.8. The normalized spacial score (nSPS) is 19.0. The zero-order chi connectivity index (χ0) is 21.2. The lowest BCUT2D eigenvalue weighted by atomic mass is 9.97. The Morgan fingerprint density at radius 1 is 1.10 bits per heavy atom. The second kappa shape index (κ2) is 9.03. The molecule has 1 fully saturated rings. The Hall–Kier alpha value is -2.34. The van der Waals surface area contributed by atoms with Gasteiger partial charge in [0, 0.05) is 41.4 Å². The minimum atomic E-state index is 0.0910. The summed E-state index contributed by atoms with van der Waals surface area (Å²) in [4.78, 5) is 5.23. The predicted octanol–water partition coefficient (Wildman–Crippen LogP) is 5.59. The topological polar surface area (TPSA) is 30.9 Å². The van der Waals surface area contributed by atoms with Crippen LogP contribution in [0.25, 0.3) is 11.1 Å². The van der Waals surface area contributed by atoms with Crippen LogP contribution in [-0.4, -0.2) is 37.4 Å². The SMILES string of the molecule is Cc1ccc(CN2CCOc3c(cc(-c4ccccc4C)cc3OC3CCOC3)C2)s1. The van der Waals surface area contributed by atoms with Crippen LogP contribution in [-0.2, 0) is 17.8 Å². The maximum Gasteiger partial charge on any atom is 0.165 e. The number of fused-ring (bicyclic) bond motifs is 1. The van der Waals surface area contributed by atoms with Crippen LogP contribution in [0.4, 0.5) is 0 Å². The molecule has 0 spiro atoms. The van der Waals surface area contributed by atoms with Gasteiger partial charge in [0.25, 0.3) is 0 Å². The van der Waals surface area contributed by atoms with Crippen molar-refractivity contribution >= 4 is 11.3 Å². The first-order chi connectivity index (χ1) is 15.2. The first-order valence-electron chi connectivity index (χ1n) is 11.0. The molecule has 5 rings (SSSR count). The molecule has 2 aliphatic heterocycles. The van der Waals surface area contributed by atoms with Crippen molar-refractivity contribution in [1.29, 1.82) is 0 Å². The van der Waals surface area contributed by atoms with Gasteiger partial charge in [0.15, 0.2) is 11.5 Å². The van der Waals surface area contributed by atoms with Gasteiger partial charge in [-0.1, -0.05) is 24.3 Å². The molecular weight excluding hydrogens is 406 g/mol. The van der Waals surface area contributed by atoms with Crippen molar-refractivity contribution in [2.24, 2.45) is 0 Å². The summed E-state index contributed by atoms with van der Waals surface area (Å²) < 4.78 is 18.2. The Morgan fingerprint density at radius 3 is 2.77 bits per heavy atom. The lowest BCUT2D eigenvalue weighted by Crippen LogP contribution is -2.24. The van der Waals surface area contributed by atoms with E-state index < -0.39 is 0 Å². The molecule has 162 valence electrons. The van der Waals surface area contributed by atoms with E-state index in [1.54, 1.807) is 0 Å². The van der Waals surface area contributed by atoms with Crippen molar-refractivity contribution in [2.45, 2.75) is 39.5 Å². The Kier molecular flexibility index (Phi) is 5.99. The average Bonchev–Trinajstić information content (AvgIpc) is 3.36. The second-order valence-electron chi connectivity index (χ2n) is 8.45. The lowest BCUT2D eigenvalue weighted by molar-refractivity contribution is 0.137. The molecule has 3 aromatic rings. The molecule has 1 aromatic heterocycles. The van der Waals surface area contributed by atoms with Crippen LogP contribution in [0.3, 0.4) is 0 Å². The van der Waals surface area contributed by atoms with Crippen molar-refractivity contribution in [3.8, 4) is 22.6 Å². The predicted molar refractivity (Wildman–Crippen MR) is 125 cm³/mol. The summed E-state index contributed by atoms with van der Waals surface area (Å²) in [5, 5.41) is 0. The minimum Gasteiger partial charge on any atom is -0.488 e. The highest BCUT2D eigenvalue weighted by Gasteiger charge is 2.25. The Balaban J connectivity index is 1.51. The fourth-order valence-electron chi connectivity index (χ4n) is 4.39. The Labute approximate surface area is 188 Å². The van der Waals surface area contributed by atoms with E-state index in [2.05, 4.69) is 67.3 Å². The fourth-order valence-corrected chi connectivity index (χ4v) is 5.32. The number of ether oxygens (including phenoxy) is 3. The quantitative estimate of drug-likeness (QED) is 0.522. The third-order valence-corrected chi connectivity index (χ3v) is 6.98. The third kappa shape index (κ3) is 4.64. The van der Waals surface area contributed by atoms with Crippen LogP contribution in [0.1, 0.15) is 27.3 Å². The van der Waals surface area contributed by atoms with Crippen LogP contribution in [0.15, 0.2) is 48.5 Å². The molecule has 4 nitrogen and oxygen atoms in total. The largest absolute Gasteiger partial charge is 0.488 e. The summed E-state index contributed by atoms with van der Waals surface area (Å²) in [7, 11) is 0. The zero-order valence-electron chi connectivity index (χ0n) is 18.2. The molecule has 1 unspecified atom stereocenters. The molecule has 0 bridgehead atoms. The Bertz CT molecular complexity index is 1050. The highest BCUT2D eigenvalue weighted by molar-refractivity contribution is 7.11. The summed E-state index contributed by atoms with van der Waals surface area (Å²) in [6.07, 6.45) is 1.01. The van der Waals surface area contributed by atoms with E-state index in [9.17, 15) is 0 Å². The van der Waals surface area contributed by atoms with Crippen LogP contribution < -0.4 is 9.47 Å². The van der Waals surface area contributed by atoms with E-state index in [1.807, 2.05) is 11.3 Å². The summed E-state index contributed by atoms with van der Waals surface area (Å²) in [6, 6.07) is 17.4. The van der Waals surface area contributed by atoms with E-state index in [-0.39, 0.29) is 6.10 Å². The van der Waals surface area contributed by atoms with Gasteiger partial charge in [0.05, 0.1) is 13.2 Å². The van der Waals surface area contributed by atoms with Crippen LogP contribution >= 0.6 is 11.3 Å². The van der Waals surface area contributed by atoms with Gasteiger partial charge >= 0.3 is 0 Å². The van der Waals surface area contributed by atoms with Gasteiger partial charge < -0.3 is 14.2 Å². The average molecular weight is 436 g/mol. The van der Waals surface area contributed by atoms with Crippen LogP contribution in [0.2, 0.25) is 0 Å². The molecule has 5 heteroatoms. The van der Waals surface area contributed by atoms with E-state index in [4.69, 9.17) is 14.2 Å². The highest BCUT2D eigenvalue weighted by atomic mass is 32.1. The van der Waals surface area contributed by atoms with Gasteiger partial charge in [-0.15, -0.1) is 11.3 Å². The van der Waals surface area contributed by atoms with Crippen LogP contribution in [0, 0.1) is 13.8 Å². The highest BCUT2D eigenvalue weighted by Crippen LogP contribution is 2.40. The fraction of sp³-hybridized carbons (Fsp3) is 0.385. The van der Waals surface area contributed by atoms with Crippen molar-refractivity contribution in [2.75, 3.05) is 26.4 Å². The molecule has 31 heavy (non-hydrogen) atoms. The number of rotatable bonds is 5. The van der Waals surface area contributed by atoms with Crippen molar-refractivity contribution < 1.29 is 14.2 Å². The molecule has 2 aromatic carbocycles. The van der Waals surface area contributed by atoms with Crippen molar-refractivity contribution in [3.63, 3.8) is 0 Å². The van der Waals surface area contributed by atoms with E-state index in [0.717, 1.165) is 44.2 Å². The van der Waals surface area contributed by atoms with Crippen molar-refractivity contribution in [3.05, 3.63) is 69.4 Å². The maximum absolute atomic E-state index is 6.42. The molecule has 0 radical (unpaired) electrons. The number of thiophene rings is 1. The molecule has 0 aliphatic carbocycles. The zero-order valence-corrected chi connectivity index (χ0v) is 19.0. The van der Waals surface area contributed by atoms with Gasteiger partial charge in [-0.3, -0.25) is 4.90 Å². The van der Waals surface area contributed by atoms with E-state index >= 15 is 0 Å². The van der Waals surface area contributed by atoms with Gasteiger partial charge in [-0.05, 0) is 54.8 Å². The summed E-state index contributed by atoms with van der Waals surface area (Å²) in [6.45, 7) is 9.10.